The molecule has 7 heteroatoms. The SMILES string of the molecule is CCOc1ccc(S(=O)(=O)NC2CC2N)cc1OCC. The molecule has 1 aliphatic rings. The Morgan fingerprint density at radius 3 is 2.40 bits per heavy atom. The minimum Gasteiger partial charge on any atom is -0.490 e. The summed E-state index contributed by atoms with van der Waals surface area (Å²) in [4.78, 5) is 0.156. The summed E-state index contributed by atoms with van der Waals surface area (Å²) in [5.74, 6) is 0.966. The van der Waals surface area contributed by atoms with Crippen molar-refractivity contribution >= 4 is 10.0 Å². The highest BCUT2D eigenvalue weighted by molar-refractivity contribution is 7.89. The molecule has 6 nitrogen and oxygen atoms in total. The normalized spacial score (nSPS) is 21.6. The molecule has 1 aromatic rings. The summed E-state index contributed by atoms with van der Waals surface area (Å²) in [6.07, 6.45) is 0.675. The van der Waals surface area contributed by atoms with E-state index >= 15 is 0 Å². The Morgan fingerprint density at radius 1 is 1.25 bits per heavy atom. The zero-order valence-corrected chi connectivity index (χ0v) is 12.4. The van der Waals surface area contributed by atoms with E-state index in [9.17, 15) is 8.42 Å². The highest BCUT2D eigenvalue weighted by atomic mass is 32.2. The molecular weight excluding hydrogens is 280 g/mol. The van der Waals surface area contributed by atoms with Crippen LogP contribution in [0.5, 0.6) is 11.5 Å². The van der Waals surface area contributed by atoms with E-state index in [1.54, 1.807) is 6.07 Å². The molecule has 1 saturated carbocycles. The van der Waals surface area contributed by atoms with Gasteiger partial charge in [0, 0.05) is 18.2 Å². The van der Waals surface area contributed by atoms with E-state index in [1.807, 2.05) is 13.8 Å². The van der Waals surface area contributed by atoms with E-state index in [2.05, 4.69) is 4.72 Å². The Labute approximate surface area is 119 Å². The first-order valence-corrected chi connectivity index (χ1v) is 8.13. The van der Waals surface area contributed by atoms with Crippen molar-refractivity contribution in [1.29, 1.82) is 0 Å². The van der Waals surface area contributed by atoms with Gasteiger partial charge in [-0.1, -0.05) is 0 Å². The Hall–Kier alpha value is -1.31. The predicted octanol–water partition coefficient (Wildman–Crippen LogP) is 0.862. The Balaban J connectivity index is 2.25. The molecule has 0 heterocycles. The fourth-order valence-corrected chi connectivity index (χ4v) is 3.13. The van der Waals surface area contributed by atoms with Crippen molar-refractivity contribution in [3.8, 4) is 11.5 Å². The van der Waals surface area contributed by atoms with Gasteiger partial charge in [-0.15, -0.1) is 0 Å². The van der Waals surface area contributed by atoms with Crippen LogP contribution in [0, 0.1) is 0 Å². The van der Waals surface area contributed by atoms with E-state index in [1.165, 1.54) is 12.1 Å². The topological polar surface area (TPSA) is 90.7 Å². The molecule has 112 valence electrons. The number of ether oxygens (including phenoxy) is 2. The minimum absolute atomic E-state index is 0.0844. The van der Waals surface area contributed by atoms with Gasteiger partial charge < -0.3 is 15.2 Å². The molecule has 0 amide bonds. The first kappa shape index (κ1) is 15.1. The van der Waals surface area contributed by atoms with Crippen molar-refractivity contribution in [3.63, 3.8) is 0 Å². The molecule has 2 rings (SSSR count). The maximum atomic E-state index is 12.2. The lowest BCUT2D eigenvalue weighted by Gasteiger charge is -2.13. The van der Waals surface area contributed by atoms with Crippen molar-refractivity contribution in [1.82, 2.24) is 4.72 Å². The van der Waals surface area contributed by atoms with Crippen molar-refractivity contribution in [2.75, 3.05) is 13.2 Å². The molecule has 0 radical (unpaired) electrons. The maximum Gasteiger partial charge on any atom is 0.241 e. The summed E-state index contributed by atoms with van der Waals surface area (Å²) in [7, 11) is -3.57. The second kappa shape index (κ2) is 5.99. The molecule has 20 heavy (non-hydrogen) atoms. The number of nitrogens with two attached hydrogens (primary N) is 1. The van der Waals surface area contributed by atoms with Crippen LogP contribution in [-0.2, 0) is 10.0 Å². The number of hydrogen-bond donors (Lipinski definition) is 2. The summed E-state index contributed by atoms with van der Waals surface area (Å²) < 4.78 is 37.8. The third-order valence-electron chi connectivity index (χ3n) is 2.97. The van der Waals surface area contributed by atoms with Gasteiger partial charge in [-0.2, -0.15) is 0 Å². The van der Waals surface area contributed by atoms with Crippen LogP contribution >= 0.6 is 0 Å². The highest BCUT2D eigenvalue weighted by Crippen LogP contribution is 2.31. The number of hydrogen-bond acceptors (Lipinski definition) is 5. The molecule has 0 spiro atoms. The van der Waals surface area contributed by atoms with E-state index in [0.717, 1.165) is 0 Å². The van der Waals surface area contributed by atoms with Crippen LogP contribution in [0.2, 0.25) is 0 Å². The number of rotatable bonds is 7. The van der Waals surface area contributed by atoms with Gasteiger partial charge in [0.25, 0.3) is 0 Å². The molecule has 0 aromatic heterocycles. The van der Waals surface area contributed by atoms with Gasteiger partial charge in [-0.05, 0) is 32.4 Å². The quantitative estimate of drug-likeness (QED) is 0.779. The van der Waals surface area contributed by atoms with Crippen LogP contribution in [0.15, 0.2) is 23.1 Å². The molecule has 1 fully saturated rings. The fraction of sp³-hybridized carbons (Fsp3) is 0.538. The second-order valence-electron chi connectivity index (χ2n) is 4.60. The van der Waals surface area contributed by atoms with E-state index in [0.29, 0.717) is 31.1 Å². The van der Waals surface area contributed by atoms with Crippen LogP contribution in [0.4, 0.5) is 0 Å². The first-order chi connectivity index (χ1) is 9.47. The summed E-state index contributed by atoms with van der Waals surface area (Å²) in [5, 5.41) is 0. The predicted molar refractivity (Wildman–Crippen MR) is 75.5 cm³/mol. The van der Waals surface area contributed by atoms with Crippen LogP contribution in [0.3, 0.4) is 0 Å². The summed E-state index contributed by atoms with van der Waals surface area (Å²) in [6.45, 7) is 4.61. The lowest BCUT2D eigenvalue weighted by molar-refractivity contribution is 0.287. The Kier molecular flexibility index (Phi) is 4.52. The van der Waals surface area contributed by atoms with Gasteiger partial charge in [0.05, 0.1) is 18.1 Å². The van der Waals surface area contributed by atoms with E-state index in [-0.39, 0.29) is 17.0 Å². The van der Waals surface area contributed by atoms with Gasteiger partial charge in [0.1, 0.15) is 0 Å². The summed E-state index contributed by atoms with van der Waals surface area (Å²) in [5.41, 5.74) is 5.62. The number of sulfonamides is 1. The van der Waals surface area contributed by atoms with Crippen LogP contribution in [0.1, 0.15) is 20.3 Å². The third kappa shape index (κ3) is 3.41. The molecule has 1 aliphatic carbocycles. The molecular formula is C13H20N2O4S. The van der Waals surface area contributed by atoms with Gasteiger partial charge in [-0.3, -0.25) is 0 Å². The van der Waals surface area contributed by atoms with Crippen LogP contribution in [-0.4, -0.2) is 33.7 Å². The van der Waals surface area contributed by atoms with E-state index in [4.69, 9.17) is 15.2 Å². The monoisotopic (exact) mass is 300 g/mol. The van der Waals surface area contributed by atoms with Crippen molar-refractivity contribution in [2.24, 2.45) is 5.73 Å². The Morgan fingerprint density at radius 2 is 1.85 bits per heavy atom. The lowest BCUT2D eigenvalue weighted by atomic mass is 10.3. The number of nitrogens with one attached hydrogen (secondary N) is 1. The largest absolute Gasteiger partial charge is 0.490 e. The smallest absolute Gasteiger partial charge is 0.241 e. The number of benzene rings is 1. The van der Waals surface area contributed by atoms with Gasteiger partial charge in [-0.25, -0.2) is 13.1 Å². The van der Waals surface area contributed by atoms with Gasteiger partial charge in [0.15, 0.2) is 11.5 Å². The molecule has 0 aliphatic heterocycles. The minimum atomic E-state index is -3.57. The van der Waals surface area contributed by atoms with Crippen molar-refractivity contribution < 1.29 is 17.9 Å². The maximum absolute atomic E-state index is 12.2. The zero-order chi connectivity index (χ0) is 14.8. The summed E-state index contributed by atoms with van der Waals surface area (Å²) >= 11 is 0. The molecule has 0 saturated heterocycles. The molecule has 3 N–H and O–H groups in total. The van der Waals surface area contributed by atoms with Gasteiger partial charge in [0.2, 0.25) is 10.0 Å². The summed E-state index contributed by atoms with van der Waals surface area (Å²) in [6, 6.07) is 4.34. The first-order valence-electron chi connectivity index (χ1n) is 6.65. The molecule has 2 unspecified atom stereocenters. The average Bonchev–Trinajstić information content (AvgIpc) is 3.06. The Bertz CT molecular complexity index is 574. The molecule has 0 bridgehead atoms. The second-order valence-corrected chi connectivity index (χ2v) is 6.32. The molecule has 2 atom stereocenters. The van der Waals surface area contributed by atoms with Crippen LogP contribution < -0.4 is 19.9 Å². The van der Waals surface area contributed by atoms with Crippen LogP contribution in [0.25, 0.3) is 0 Å². The van der Waals surface area contributed by atoms with Crippen molar-refractivity contribution in [3.05, 3.63) is 18.2 Å². The zero-order valence-electron chi connectivity index (χ0n) is 11.6. The van der Waals surface area contributed by atoms with E-state index < -0.39 is 10.0 Å². The molecule has 1 aromatic carbocycles. The third-order valence-corrected chi connectivity index (χ3v) is 4.46. The standard InChI is InChI=1S/C13H20N2O4S/c1-3-18-12-6-5-9(7-13(12)19-4-2)20(16,17)15-11-8-10(11)14/h5-7,10-11,15H,3-4,8,14H2,1-2H3. The lowest BCUT2D eigenvalue weighted by Crippen LogP contribution is -2.29. The fourth-order valence-electron chi connectivity index (χ4n) is 1.82. The average molecular weight is 300 g/mol. The highest BCUT2D eigenvalue weighted by Gasteiger charge is 2.37. The van der Waals surface area contributed by atoms with Crippen molar-refractivity contribution in [2.45, 2.75) is 37.2 Å². The van der Waals surface area contributed by atoms with Gasteiger partial charge >= 0.3 is 0 Å².